The summed E-state index contributed by atoms with van der Waals surface area (Å²) in [5.74, 6) is 0.586. The lowest BCUT2D eigenvalue weighted by Crippen LogP contribution is -2.43. The van der Waals surface area contributed by atoms with E-state index in [1.807, 2.05) is 26.0 Å². The van der Waals surface area contributed by atoms with Crippen LogP contribution in [0.5, 0.6) is 5.75 Å². The van der Waals surface area contributed by atoms with Gasteiger partial charge in [0.15, 0.2) is 0 Å². The molecule has 0 saturated heterocycles. The Labute approximate surface area is 101 Å². The van der Waals surface area contributed by atoms with Gasteiger partial charge in [-0.1, -0.05) is 25.4 Å². The van der Waals surface area contributed by atoms with Crippen molar-refractivity contribution in [2.45, 2.75) is 44.6 Å². The van der Waals surface area contributed by atoms with Gasteiger partial charge in [0.25, 0.3) is 0 Å². The lowest BCUT2D eigenvalue weighted by atomic mass is 9.71. The van der Waals surface area contributed by atoms with E-state index >= 15 is 0 Å². The summed E-state index contributed by atoms with van der Waals surface area (Å²) >= 11 is 6.09. The molecule has 88 valence electrons. The molecule has 1 saturated carbocycles. The van der Waals surface area contributed by atoms with E-state index in [9.17, 15) is 5.11 Å². The van der Waals surface area contributed by atoms with Crippen molar-refractivity contribution in [1.82, 2.24) is 0 Å². The molecule has 0 bridgehead atoms. The van der Waals surface area contributed by atoms with Crippen molar-refractivity contribution >= 4 is 11.6 Å². The average molecular weight is 240 g/mol. The Hall–Kier alpha value is -0.730. The minimum absolute atomic E-state index is 0.251. The van der Waals surface area contributed by atoms with E-state index in [4.69, 9.17) is 17.3 Å². The quantitative estimate of drug-likeness (QED) is 0.830. The first kappa shape index (κ1) is 11.7. The molecule has 0 heterocycles. The molecule has 0 aliphatic heterocycles. The van der Waals surface area contributed by atoms with E-state index < -0.39 is 0 Å². The minimum atomic E-state index is -0.362. The van der Waals surface area contributed by atoms with Gasteiger partial charge >= 0.3 is 0 Å². The minimum Gasteiger partial charge on any atom is -0.507 e. The summed E-state index contributed by atoms with van der Waals surface area (Å²) < 4.78 is 0. The Morgan fingerprint density at radius 1 is 1.38 bits per heavy atom. The molecule has 1 aromatic carbocycles. The van der Waals surface area contributed by atoms with E-state index in [0.717, 1.165) is 30.4 Å². The second-order valence-corrected chi connectivity index (χ2v) is 5.49. The lowest BCUT2D eigenvalue weighted by Gasteiger charge is -2.39. The van der Waals surface area contributed by atoms with Crippen molar-refractivity contribution in [3.8, 4) is 5.75 Å². The smallest absolute Gasteiger partial charge is 0.124 e. The fourth-order valence-corrected chi connectivity index (χ4v) is 2.49. The standard InChI is InChI=1S/C13H18ClNO/c1-8(2)10-6-9(14)7-11(12(10)16)13(15)4-3-5-13/h6-8,16H,3-5,15H2,1-2H3. The monoisotopic (exact) mass is 239 g/mol. The largest absolute Gasteiger partial charge is 0.507 e. The molecule has 1 fully saturated rings. The highest BCUT2D eigenvalue weighted by Gasteiger charge is 2.37. The molecule has 0 unspecified atom stereocenters. The van der Waals surface area contributed by atoms with Gasteiger partial charge in [-0.15, -0.1) is 0 Å². The van der Waals surface area contributed by atoms with E-state index in [2.05, 4.69) is 0 Å². The zero-order valence-electron chi connectivity index (χ0n) is 9.76. The molecule has 0 amide bonds. The molecule has 1 aliphatic rings. The molecule has 2 nitrogen and oxygen atoms in total. The lowest BCUT2D eigenvalue weighted by molar-refractivity contribution is 0.245. The number of halogens is 1. The number of hydrogen-bond donors (Lipinski definition) is 2. The van der Waals surface area contributed by atoms with Crippen molar-refractivity contribution in [2.75, 3.05) is 0 Å². The van der Waals surface area contributed by atoms with Crippen LogP contribution in [0.2, 0.25) is 5.02 Å². The van der Waals surface area contributed by atoms with Crippen molar-refractivity contribution in [3.05, 3.63) is 28.3 Å². The zero-order chi connectivity index (χ0) is 11.9. The Kier molecular flexibility index (Phi) is 2.89. The van der Waals surface area contributed by atoms with E-state index in [0.29, 0.717) is 10.8 Å². The number of aromatic hydroxyl groups is 1. The highest BCUT2D eigenvalue weighted by molar-refractivity contribution is 6.30. The van der Waals surface area contributed by atoms with Crippen LogP contribution in [-0.4, -0.2) is 5.11 Å². The summed E-state index contributed by atoms with van der Waals surface area (Å²) in [6.45, 7) is 4.08. The van der Waals surface area contributed by atoms with Crippen LogP contribution in [0.15, 0.2) is 12.1 Å². The Balaban J connectivity index is 2.53. The first-order chi connectivity index (χ1) is 7.44. The predicted octanol–water partition coefficient (Wildman–Crippen LogP) is 3.51. The highest BCUT2D eigenvalue weighted by atomic mass is 35.5. The third-order valence-electron chi connectivity index (χ3n) is 3.51. The van der Waals surface area contributed by atoms with Crippen LogP contribution in [0, 0.1) is 0 Å². The molecule has 0 atom stereocenters. The third-order valence-corrected chi connectivity index (χ3v) is 3.73. The van der Waals surface area contributed by atoms with Gasteiger partial charge in [0.05, 0.1) is 0 Å². The van der Waals surface area contributed by atoms with Crippen LogP contribution in [0.3, 0.4) is 0 Å². The SMILES string of the molecule is CC(C)c1cc(Cl)cc(C2(N)CCC2)c1O. The second kappa shape index (κ2) is 3.94. The summed E-state index contributed by atoms with van der Waals surface area (Å²) in [6, 6.07) is 3.63. The molecule has 1 aromatic rings. The summed E-state index contributed by atoms with van der Waals surface area (Å²) in [5, 5.41) is 10.9. The third kappa shape index (κ3) is 1.80. The van der Waals surface area contributed by atoms with E-state index in [1.165, 1.54) is 0 Å². The van der Waals surface area contributed by atoms with E-state index in [-0.39, 0.29) is 11.5 Å². The number of rotatable bonds is 2. The van der Waals surface area contributed by atoms with Crippen LogP contribution in [0.1, 0.15) is 50.2 Å². The van der Waals surface area contributed by atoms with Gasteiger partial charge in [-0.2, -0.15) is 0 Å². The number of phenolic OH excluding ortho intramolecular Hbond substituents is 1. The van der Waals surface area contributed by atoms with Gasteiger partial charge in [0, 0.05) is 16.1 Å². The molecule has 3 N–H and O–H groups in total. The van der Waals surface area contributed by atoms with Gasteiger partial charge in [0.1, 0.15) is 5.75 Å². The first-order valence-corrected chi connectivity index (χ1v) is 6.13. The van der Waals surface area contributed by atoms with Crippen LogP contribution in [0.4, 0.5) is 0 Å². The number of nitrogens with two attached hydrogens (primary N) is 1. The highest BCUT2D eigenvalue weighted by Crippen LogP contribution is 2.45. The first-order valence-electron chi connectivity index (χ1n) is 5.76. The fourth-order valence-electron chi connectivity index (χ4n) is 2.27. The Morgan fingerprint density at radius 3 is 2.44 bits per heavy atom. The molecule has 16 heavy (non-hydrogen) atoms. The van der Waals surface area contributed by atoms with Crippen molar-refractivity contribution in [1.29, 1.82) is 0 Å². The van der Waals surface area contributed by atoms with Gasteiger partial charge in [-0.25, -0.2) is 0 Å². The molecule has 1 aliphatic carbocycles. The second-order valence-electron chi connectivity index (χ2n) is 5.06. The van der Waals surface area contributed by atoms with Crippen molar-refractivity contribution in [2.24, 2.45) is 5.73 Å². The zero-order valence-corrected chi connectivity index (χ0v) is 10.5. The predicted molar refractivity (Wildman–Crippen MR) is 66.9 cm³/mol. The Morgan fingerprint density at radius 2 is 2.00 bits per heavy atom. The topological polar surface area (TPSA) is 46.2 Å². The van der Waals surface area contributed by atoms with Crippen LogP contribution >= 0.6 is 11.6 Å². The van der Waals surface area contributed by atoms with Gasteiger partial charge in [-0.3, -0.25) is 0 Å². The van der Waals surface area contributed by atoms with Crippen molar-refractivity contribution < 1.29 is 5.11 Å². The molecule has 0 spiro atoms. The number of hydrogen-bond acceptors (Lipinski definition) is 2. The Bertz CT molecular complexity index is 411. The maximum Gasteiger partial charge on any atom is 0.124 e. The molecular formula is C13H18ClNO. The maximum absolute atomic E-state index is 10.2. The van der Waals surface area contributed by atoms with E-state index in [1.54, 1.807) is 0 Å². The summed E-state index contributed by atoms with van der Waals surface area (Å²) in [6.07, 6.45) is 2.98. The number of benzene rings is 1. The number of phenols is 1. The summed E-state index contributed by atoms with van der Waals surface area (Å²) in [4.78, 5) is 0. The summed E-state index contributed by atoms with van der Waals surface area (Å²) in [7, 11) is 0. The molecule has 3 heteroatoms. The fraction of sp³-hybridized carbons (Fsp3) is 0.538. The molecule has 0 radical (unpaired) electrons. The average Bonchev–Trinajstić information content (AvgIpc) is 2.17. The van der Waals surface area contributed by atoms with Gasteiger partial charge in [0.2, 0.25) is 0 Å². The van der Waals surface area contributed by atoms with Gasteiger partial charge in [-0.05, 0) is 42.9 Å². The van der Waals surface area contributed by atoms with Crippen LogP contribution in [0.25, 0.3) is 0 Å². The van der Waals surface area contributed by atoms with Crippen LogP contribution in [-0.2, 0) is 5.54 Å². The molecule has 2 rings (SSSR count). The van der Waals surface area contributed by atoms with Crippen molar-refractivity contribution in [3.63, 3.8) is 0 Å². The maximum atomic E-state index is 10.2. The molecule has 0 aromatic heterocycles. The summed E-state index contributed by atoms with van der Waals surface area (Å²) in [5.41, 5.74) is 7.58. The normalized spacial score (nSPS) is 18.6. The van der Waals surface area contributed by atoms with Crippen LogP contribution < -0.4 is 5.73 Å². The molecular weight excluding hydrogens is 222 g/mol. The van der Waals surface area contributed by atoms with Gasteiger partial charge < -0.3 is 10.8 Å².